The standard InChI is InChI=1S/C21H26N6O2/c1-13-11-25(2)12-18(13)29-17-10-22-26(3)20(17)15-6-7-27-16(8-15)9-19(24-27)23-21(28)14-4-5-14/h6-10,13-14,18H,4-5,11-12H2,1-3H3,(H,23,24,28)/t13-,18+/m1/s1. The lowest BCUT2D eigenvalue weighted by atomic mass is 10.1. The first kappa shape index (κ1) is 18.2. The number of amides is 1. The summed E-state index contributed by atoms with van der Waals surface area (Å²) in [4.78, 5) is 14.3. The molecule has 8 nitrogen and oxygen atoms in total. The zero-order chi connectivity index (χ0) is 20.1. The normalized spacial score (nSPS) is 22.3. The van der Waals surface area contributed by atoms with Gasteiger partial charge in [-0.2, -0.15) is 10.2 Å². The predicted molar refractivity (Wildman–Crippen MR) is 110 cm³/mol. The number of pyridine rings is 1. The molecule has 29 heavy (non-hydrogen) atoms. The summed E-state index contributed by atoms with van der Waals surface area (Å²) in [5.74, 6) is 2.07. The van der Waals surface area contributed by atoms with Crippen LogP contribution in [0.5, 0.6) is 5.75 Å². The quantitative estimate of drug-likeness (QED) is 0.719. The third-order valence-electron chi connectivity index (χ3n) is 5.85. The highest BCUT2D eigenvalue weighted by molar-refractivity contribution is 5.93. The van der Waals surface area contributed by atoms with E-state index in [1.54, 1.807) is 10.7 Å². The van der Waals surface area contributed by atoms with Crippen LogP contribution in [-0.4, -0.2) is 56.4 Å². The molecule has 3 aromatic rings. The molecule has 2 aliphatic rings. The Morgan fingerprint density at radius 3 is 2.79 bits per heavy atom. The van der Waals surface area contributed by atoms with E-state index in [0.29, 0.717) is 11.7 Å². The number of likely N-dealkylation sites (N-methyl/N-ethyl adjacent to an activating group) is 1. The molecule has 1 saturated heterocycles. The fraction of sp³-hybridized carbons (Fsp3) is 0.476. The van der Waals surface area contributed by atoms with E-state index in [0.717, 1.165) is 48.5 Å². The highest BCUT2D eigenvalue weighted by Gasteiger charge is 2.31. The number of nitrogens with zero attached hydrogens (tertiary/aromatic N) is 5. The van der Waals surface area contributed by atoms with Crippen LogP contribution in [0.2, 0.25) is 0 Å². The van der Waals surface area contributed by atoms with Gasteiger partial charge in [-0.25, -0.2) is 4.52 Å². The smallest absolute Gasteiger partial charge is 0.228 e. The van der Waals surface area contributed by atoms with Crippen molar-refractivity contribution < 1.29 is 9.53 Å². The minimum atomic E-state index is 0.0617. The van der Waals surface area contributed by atoms with Crippen LogP contribution in [0.4, 0.5) is 5.82 Å². The van der Waals surface area contributed by atoms with Crippen LogP contribution in [0.1, 0.15) is 19.8 Å². The van der Waals surface area contributed by atoms with Crippen molar-refractivity contribution in [2.24, 2.45) is 18.9 Å². The first-order valence-electron chi connectivity index (χ1n) is 10.2. The molecule has 0 spiro atoms. The second-order valence-electron chi connectivity index (χ2n) is 8.41. The fourth-order valence-corrected chi connectivity index (χ4v) is 4.10. The monoisotopic (exact) mass is 394 g/mol. The SMILES string of the molecule is C[C@@H]1CN(C)C[C@@H]1Oc1cnn(C)c1-c1ccn2nc(NC(=O)C3CC3)cc2c1. The Bertz CT molecular complexity index is 1070. The topological polar surface area (TPSA) is 76.7 Å². The maximum Gasteiger partial charge on any atom is 0.228 e. The first-order valence-corrected chi connectivity index (χ1v) is 10.2. The largest absolute Gasteiger partial charge is 0.485 e. The minimum absolute atomic E-state index is 0.0617. The molecule has 1 amide bonds. The van der Waals surface area contributed by atoms with Crippen LogP contribution in [0.25, 0.3) is 16.8 Å². The number of hydrogen-bond donors (Lipinski definition) is 1. The van der Waals surface area contributed by atoms with E-state index in [1.165, 1.54) is 0 Å². The van der Waals surface area contributed by atoms with Crippen molar-refractivity contribution >= 4 is 17.2 Å². The average Bonchev–Trinajstić information content (AvgIpc) is 3.26. The van der Waals surface area contributed by atoms with Gasteiger partial charge < -0.3 is 15.0 Å². The summed E-state index contributed by atoms with van der Waals surface area (Å²) in [6, 6.07) is 5.95. The fourth-order valence-electron chi connectivity index (χ4n) is 4.10. The van der Waals surface area contributed by atoms with Crippen LogP contribution in [-0.2, 0) is 11.8 Å². The second-order valence-corrected chi connectivity index (χ2v) is 8.41. The van der Waals surface area contributed by atoms with Crippen molar-refractivity contribution in [3.63, 3.8) is 0 Å². The average molecular weight is 394 g/mol. The van der Waals surface area contributed by atoms with Gasteiger partial charge in [-0.1, -0.05) is 6.92 Å². The van der Waals surface area contributed by atoms with Gasteiger partial charge >= 0.3 is 0 Å². The van der Waals surface area contributed by atoms with E-state index in [4.69, 9.17) is 4.74 Å². The van der Waals surface area contributed by atoms with Crippen LogP contribution < -0.4 is 10.1 Å². The Kier molecular flexibility index (Phi) is 4.31. The van der Waals surface area contributed by atoms with Crippen LogP contribution >= 0.6 is 0 Å². The first-order chi connectivity index (χ1) is 14.0. The molecule has 4 heterocycles. The summed E-state index contributed by atoms with van der Waals surface area (Å²) >= 11 is 0. The number of aryl methyl sites for hydroxylation is 1. The summed E-state index contributed by atoms with van der Waals surface area (Å²) in [5.41, 5.74) is 2.86. The van der Waals surface area contributed by atoms with Crippen molar-refractivity contribution in [3.05, 3.63) is 30.6 Å². The van der Waals surface area contributed by atoms with Crippen molar-refractivity contribution in [1.82, 2.24) is 24.3 Å². The summed E-state index contributed by atoms with van der Waals surface area (Å²) < 4.78 is 9.98. The zero-order valence-electron chi connectivity index (χ0n) is 17.0. The Balaban J connectivity index is 1.43. The van der Waals surface area contributed by atoms with Crippen molar-refractivity contribution in [1.29, 1.82) is 0 Å². The highest BCUT2D eigenvalue weighted by Crippen LogP contribution is 2.33. The number of nitrogens with one attached hydrogen (secondary N) is 1. The molecule has 0 aromatic carbocycles. The molecule has 152 valence electrons. The number of likely N-dealkylation sites (tertiary alicyclic amines) is 1. The number of aromatic nitrogens is 4. The van der Waals surface area contributed by atoms with Crippen LogP contribution in [0.3, 0.4) is 0 Å². The van der Waals surface area contributed by atoms with Crippen molar-refractivity contribution in [2.45, 2.75) is 25.9 Å². The molecule has 8 heteroatoms. The van der Waals surface area contributed by atoms with Gasteiger partial charge in [0.1, 0.15) is 11.8 Å². The molecular formula is C21H26N6O2. The number of fused-ring (bicyclic) bond motifs is 1. The minimum Gasteiger partial charge on any atom is -0.485 e. The number of anilines is 1. The number of carbonyl (C=O) groups is 1. The van der Waals surface area contributed by atoms with Crippen molar-refractivity contribution in [2.75, 3.05) is 25.5 Å². The maximum absolute atomic E-state index is 12.0. The molecule has 0 radical (unpaired) electrons. The lowest BCUT2D eigenvalue weighted by Gasteiger charge is -2.17. The summed E-state index contributed by atoms with van der Waals surface area (Å²) in [6.07, 6.45) is 5.80. The summed E-state index contributed by atoms with van der Waals surface area (Å²) in [7, 11) is 4.05. The molecule has 3 aromatic heterocycles. The van der Waals surface area contributed by atoms with E-state index in [1.807, 2.05) is 36.1 Å². The Hall–Kier alpha value is -2.87. The maximum atomic E-state index is 12.0. The Labute approximate surface area is 169 Å². The summed E-state index contributed by atoms with van der Waals surface area (Å²) in [6.45, 7) is 4.18. The molecule has 0 bridgehead atoms. The molecule has 1 saturated carbocycles. The molecule has 1 N–H and O–H groups in total. The van der Waals surface area contributed by atoms with Gasteiger partial charge in [-0.3, -0.25) is 9.48 Å². The second kappa shape index (κ2) is 6.88. The van der Waals surface area contributed by atoms with Gasteiger partial charge in [0.2, 0.25) is 5.91 Å². The molecule has 2 fully saturated rings. The third kappa shape index (κ3) is 3.48. The number of rotatable bonds is 5. The van der Waals surface area contributed by atoms with Crippen LogP contribution in [0.15, 0.2) is 30.6 Å². The van der Waals surface area contributed by atoms with Gasteiger partial charge in [-0.15, -0.1) is 0 Å². The zero-order valence-corrected chi connectivity index (χ0v) is 17.0. The Morgan fingerprint density at radius 2 is 2.07 bits per heavy atom. The molecule has 2 atom stereocenters. The molecular weight excluding hydrogens is 368 g/mol. The predicted octanol–water partition coefficient (Wildman–Crippen LogP) is 2.41. The van der Waals surface area contributed by atoms with E-state index in [-0.39, 0.29) is 17.9 Å². The van der Waals surface area contributed by atoms with Gasteiger partial charge in [0.05, 0.1) is 11.7 Å². The van der Waals surface area contributed by atoms with Crippen LogP contribution in [0, 0.1) is 11.8 Å². The highest BCUT2D eigenvalue weighted by atomic mass is 16.5. The van der Waals surface area contributed by atoms with Gasteiger partial charge in [0.15, 0.2) is 11.6 Å². The van der Waals surface area contributed by atoms with E-state index in [9.17, 15) is 4.79 Å². The third-order valence-corrected chi connectivity index (χ3v) is 5.85. The van der Waals surface area contributed by atoms with Crippen molar-refractivity contribution in [3.8, 4) is 17.0 Å². The molecule has 1 aliphatic heterocycles. The molecule has 5 rings (SSSR count). The summed E-state index contributed by atoms with van der Waals surface area (Å²) in [5, 5.41) is 11.8. The van der Waals surface area contributed by atoms with Gasteiger partial charge in [-0.05, 0) is 32.0 Å². The number of hydrogen-bond acceptors (Lipinski definition) is 5. The lowest BCUT2D eigenvalue weighted by Crippen LogP contribution is -2.24. The van der Waals surface area contributed by atoms with E-state index < -0.39 is 0 Å². The Morgan fingerprint density at radius 1 is 1.24 bits per heavy atom. The molecule has 1 aliphatic carbocycles. The van der Waals surface area contributed by atoms with E-state index in [2.05, 4.69) is 34.4 Å². The number of carbonyl (C=O) groups excluding carboxylic acids is 1. The lowest BCUT2D eigenvalue weighted by molar-refractivity contribution is -0.117. The van der Waals surface area contributed by atoms with E-state index >= 15 is 0 Å². The van der Waals surface area contributed by atoms with Gasteiger partial charge in [0, 0.05) is 49.8 Å². The van der Waals surface area contributed by atoms with Gasteiger partial charge in [0.25, 0.3) is 0 Å². The molecule has 0 unspecified atom stereocenters. The number of ether oxygens (including phenoxy) is 1.